The summed E-state index contributed by atoms with van der Waals surface area (Å²) in [5.74, 6) is 5.26. The number of nitrogens with zero attached hydrogens (tertiary/aromatic N) is 1. The summed E-state index contributed by atoms with van der Waals surface area (Å²) in [4.78, 5) is 13.9. The van der Waals surface area contributed by atoms with Crippen LogP contribution in [-0.2, 0) is 6.54 Å². The second-order valence-electron chi connectivity index (χ2n) is 4.51. The van der Waals surface area contributed by atoms with Gasteiger partial charge in [0.1, 0.15) is 0 Å². The number of anilines is 1. The Kier molecular flexibility index (Phi) is 4.61. The molecule has 2 aromatic carbocycles. The molecule has 0 heterocycles. The molecule has 0 atom stereocenters. The van der Waals surface area contributed by atoms with E-state index in [0.717, 1.165) is 11.3 Å². The highest BCUT2D eigenvalue weighted by molar-refractivity contribution is 6.30. The molecule has 0 fully saturated rings. The van der Waals surface area contributed by atoms with Crippen LogP contribution >= 0.6 is 11.6 Å². The summed E-state index contributed by atoms with van der Waals surface area (Å²) in [6, 6.07) is 14.5. The molecule has 2 aromatic rings. The molecule has 20 heavy (non-hydrogen) atoms. The lowest BCUT2D eigenvalue weighted by Crippen LogP contribution is -2.26. The van der Waals surface area contributed by atoms with Crippen molar-refractivity contribution in [2.45, 2.75) is 6.54 Å². The molecular weight excluding hydrogens is 274 g/mol. The van der Waals surface area contributed by atoms with E-state index in [2.05, 4.69) is 5.43 Å². The van der Waals surface area contributed by atoms with Crippen molar-refractivity contribution in [1.29, 1.82) is 0 Å². The maximum atomic E-state index is 12.3. The van der Waals surface area contributed by atoms with Gasteiger partial charge < -0.3 is 10.3 Å². The number of nitrogen functional groups attached to an aromatic ring is 1. The van der Waals surface area contributed by atoms with E-state index in [-0.39, 0.29) is 5.91 Å². The Morgan fingerprint density at radius 2 is 1.75 bits per heavy atom. The van der Waals surface area contributed by atoms with Gasteiger partial charge in [0.2, 0.25) is 0 Å². The fourth-order valence-corrected chi connectivity index (χ4v) is 1.99. The van der Waals surface area contributed by atoms with Crippen molar-refractivity contribution in [2.75, 3.05) is 12.5 Å². The van der Waals surface area contributed by atoms with Gasteiger partial charge in [-0.2, -0.15) is 0 Å². The van der Waals surface area contributed by atoms with E-state index in [4.69, 9.17) is 17.4 Å². The van der Waals surface area contributed by atoms with Gasteiger partial charge in [-0.3, -0.25) is 10.6 Å². The standard InChI is InChI=1S/C15H16ClN3O/c1-19(10-11-2-6-13(16)7-3-11)15(20)12-4-8-14(18-17)9-5-12/h2-9,18H,10,17H2,1H3. The lowest BCUT2D eigenvalue weighted by Gasteiger charge is -2.17. The second-order valence-corrected chi connectivity index (χ2v) is 4.95. The monoisotopic (exact) mass is 289 g/mol. The lowest BCUT2D eigenvalue weighted by molar-refractivity contribution is 0.0785. The van der Waals surface area contributed by atoms with Gasteiger partial charge in [-0.25, -0.2) is 0 Å². The Hall–Kier alpha value is -2.04. The first-order valence-corrected chi connectivity index (χ1v) is 6.54. The smallest absolute Gasteiger partial charge is 0.253 e. The number of hydrazine groups is 1. The van der Waals surface area contributed by atoms with Gasteiger partial charge >= 0.3 is 0 Å². The van der Waals surface area contributed by atoms with Gasteiger partial charge in [0.25, 0.3) is 5.91 Å². The van der Waals surface area contributed by atoms with Gasteiger partial charge in [0.05, 0.1) is 0 Å². The number of nitrogens with two attached hydrogens (primary N) is 1. The highest BCUT2D eigenvalue weighted by atomic mass is 35.5. The zero-order valence-corrected chi connectivity index (χ0v) is 11.9. The van der Waals surface area contributed by atoms with Crippen LogP contribution in [-0.4, -0.2) is 17.9 Å². The minimum Gasteiger partial charge on any atom is -0.337 e. The molecule has 0 aliphatic rings. The summed E-state index contributed by atoms with van der Waals surface area (Å²) in [5.41, 5.74) is 4.95. The molecule has 0 bridgehead atoms. The lowest BCUT2D eigenvalue weighted by atomic mass is 10.1. The molecule has 0 unspecified atom stereocenters. The maximum Gasteiger partial charge on any atom is 0.253 e. The number of hydrogen-bond donors (Lipinski definition) is 2. The number of carbonyl (C=O) groups excluding carboxylic acids is 1. The van der Waals surface area contributed by atoms with Crippen molar-refractivity contribution < 1.29 is 4.79 Å². The maximum absolute atomic E-state index is 12.3. The third-order valence-corrected chi connectivity index (χ3v) is 3.23. The van der Waals surface area contributed by atoms with E-state index >= 15 is 0 Å². The summed E-state index contributed by atoms with van der Waals surface area (Å²) in [5, 5.41) is 0.688. The molecule has 3 N–H and O–H groups in total. The van der Waals surface area contributed by atoms with E-state index in [1.165, 1.54) is 0 Å². The van der Waals surface area contributed by atoms with Crippen molar-refractivity contribution in [2.24, 2.45) is 5.84 Å². The number of hydrogen-bond acceptors (Lipinski definition) is 3. The third-order valence-electron chi connectivity index (χ3n) is 2.98. The number of carbonyl (C=O) groups is 1. The first kappa shape index (κ1) is 14.4. The molecule has 5 heteroatoms. The van der Waals surface area contributed by atoms with Gasteiger partial charge in [0, 0.05) is 29.9 Å². The molecule has 0 aromatic heterocycles. The van der Waals surface area contributed by atoms with Crippen LogP contribution in [0.5, 0.6) is 0 Å². The van der Waals surface area contributed by atoms with E-state index in [1.54, 1.807) is 36.2 Å². The minimum atomic E-state index is -0.0384. The number of rotatable bonds is 4. The number of halogens is 1. The Balaban J connectivity index is 2.05. The number of benzene rings is 2. The van der Waals surface area contributed by atoms with Crippen molar-refractivity contribution in [3.05, 3.63) is 64.7 Å². The molecule has 0 spiro atoms. The first-order chi connectivity index (χ1) is 9.60. The van der Waals surface area contributed by atoms with Crippen LogP contribution in [0, 0.1) is 0 Å². The van der Waals surface area contributed by atoms with Crippen molar-refractivity contribution >= 4 is 23.2 Å². The minimum absolute atomic E-state index is 0.0384. The molecule has 0 aliphatic heterocycles. The Bertz CT molecular complexity index is 581. The van der Waals surface area contributed by atoms with Gasteiger partial charge in [-0.05, 0) is 42.0 Å². The predicted octanol–water partition coefficient (Wildman–Crippen LogP) is 2.90. The average molecular weight is 290 g/mol. The SMILES string of the molecule is CN(Cc1ccc(Cl)cc1)C(=O)c1ccc(NN)cc1. The Morgan fingerprint density at radius 3 is 2.30 bits per heavy atom. The summed E-state index contributed by atoms with van der Waals surface area (Å²) in [7, 11) is 1.77. The zero-order chi connectivity index (χ0) is 14.5. The average Bonchev–Trinajstić information content (AvgIpc) is 2.49. The molecule has 4 nitrogen and oxygen atoms in total. The summed E-state index contributed by atoms with van der Waals surface area (Å²) in [6.45, 7) is 0.535. The van der Waals surface area contributed by atoms with Crippen LogP contribution < -0.4 is 11.3 Å². The topological polar surface area (TPSA) is 58.4 Å². The Labute approximate surface area is 123 Å². The molecule has 0 aliphatic carbocycles. The predicted molar refractivity (Wildman–Crippen MR) is 81.5 cm³/mol. The van der Waals surface area contributed by atoms with Crippen LogP contribution in [0.3, 0.4) is 0 Å². The number of nitrogens with one attached hydrogen (secondary N) is 1. The normalized spacial score (nSPS) is 10.2. The number of amides is 1. The highest BCUT2D eigenvalue weighted by Crippen LogP contribution is 2.14. The van der Waals surface area contributed by atoms with Crippen molar-refractivity contribution in [3.8, 4) is 0 Å². The van der Waals surface area contributed by atoms with Gasteiger partial charge in [-0.15, -0.1) is 0 Å². The van der Waals surface area contributed by atoms with Crippen molar-refractivity contribution in [1.82, 2.24) is 4.90 Å². The van der Waals surface area contributed by atoms with E-state index in [0.29, 0.717) is 17.1 Å². The fourth-order valence-electron chi connectivity index (χ4n) is 1.86. The van der Waals surface area contributed by atoms with Crippen LogP contribution in [0.1, 0.15) is 15.9 Å². The molecule has 1 amide bonds. The van der Waals surface area contributed by atoms with Crippen LogP contribution in [0.2, 0.25) is 5.02 Å². The largest absolute Gasteiger partial charge is 0.337 e. The molecule has 0 saturated carbocycles. The Morgan fingerprint density at radius 1 is 1.15 bits per heavy atom. The van der Waals surface area contributed by atoms with Crippen LogP contribution in [0.15, 0.2) is 48.5 Å². The summed E-state index contributed by atoms with van der Waals surface area (Å²) in [6.07, 6.45) is 0. The molecule has 2 rings (SSSR count). The van der Waals surface area contributed by atoms with E-state index in [1.807, 2.05) is 24.3 Å². The van der Waals surface area contributed by atoms with Crippen molar-refractivity contribution in [3.63, 3.8) is 0 Å². The summed E-state index contributed by atoms with van der Waals surface area (Å²) >= 11 is 5.84. The molecule has 104 valence electrons. The second kappa shape index (κ2) is 6.41. The molecule has 0 saturated heterocycles. The first-order valence-electron chi connectivity index (χ1n) is 6.17. The quantitative estimate of drug-likeness (QED) is 0.672. The van der Waals surface area contributed by atoms with E-state index < -0.39 is 0 Å². The van der Waals surface area contributed by atoms with Gasteiger partial charge in [-0.1, -0.05) is 23.7 Å². The molecule has 0 radical (unpaired) electrons. The highest BCUT2D eigenvalue weighted by Gasteiger charge is 2.11. The van der Waals surface area contributed by atoms with Crippen LogP contribution in [0.4, 0.5) is 5.69 Å². The summed E-state index contributed by atoms with van der Waals surface area (Å²) < 4.78 is 0. The fraction of sp³-hybridized carbons (Fsp3) is 0.133. The van der Waals surface area contributed by atoms with Gasteiger partial charge in [0.15, 0.2) is 0 Å². The third kappa shape index (κ3) is 3.50. The zero-order valence-electron chi connectivity index (χ0n) is 11.1. The van der Waals surface area contributed by atoms with E-state index in [9.17, 15) is 4.79 Å². The van der Waals surface area contributed by atoms with Crippen LogP contribution in [0.25, 0.3) is 0 Å². The molecular formula is C15H16ClN3O.